The minimum absolute atomic E-state index is 0.124. The summed E-state index contributed by atoms with van der Waals surface area (Å²) in [7, 11) is 0. The lowest BCUT2D eigenvalue weighted by molar-refractivity contribution is 0.0383. The van der Waals surface area contributed by atoms with Gasteiger partial charge in [0.25, 0.3) is 5.91 Å². The topological polar surface area (TPSA) is 66.5 Å². The summed E-state index contributed by atoms with van der Waals surface area (Å²) in [5.41, 5.74) is 1.39. The van der Waals surface area contributed by atoms with Crippen LogP contribution >= 0.6 is 0 Å². The van der Waals surface area contributed by atoms with E-state index in [2.05, 4.69) is 34.4 Å². The second kappa shape index (κ2) is 8.70. The summed E-state index contributed by atoms with van der Waals surface area (Å²) in [5.74, 6) is -0.124. The fourth-order valence-electron chi connectivity index (χ4n) is 2.27. The first-order chi connectivity index (χ1) is 10.7. The number of aromatic nitrogens is 1. The zero-order valence-corrected chi connectivity index (χ0v) is 13.5. The first-order valence-corrected chi connectivity index (χ1v) is 8.00. The number of anilines is 1. The van der Waals surface area contributed by atoms with Crippen molar-refractivity contribution in [2.75, 3.05) is 44.7 Å². The van der Waals surface area contributed by atoms with E-state index < -0.39 is 0 Å². The maximum Gasteiger partial charge on any atom is 0.269 e. The number of rotatable bonds is 7. The van der Waals surface area contributed by atoms with Crippen LogP contribution in [0.25, 0.3) is 0 Å². The lowest BCUT2D eigenvalue weighted by Crippen LogP contribution is -2.41. The highest BCUT2D eigenvalue weighted by molar-refractivity contribution is 5.93. The van der Waals surface area contributed by atoms with E-state index in [4.69, 9.17) is 4.74 Å². The number of hydrogen-bond acceptors (Lipinski definition) is 5. The van der Waals surface area contributed by atoms with Crippen molar-refractivity contribution < 1.29 is 9.53 Å². The Morgan fingerprint density at radius 3 is 2.95 bits per heavy atom. The number of carbonyl (C=O) groups excluding carboxylic acids is 1. The zero-order chi connectivity index (χ0) is 15.8. The standard InChI is InChI=1S/C16H26N4O2/c1-3-13(2)19-14-4-5-17-15(12-14)16(21)18-6-7-20-8-10-22-11-9-20/h4-5,12-13H,3,6-11H2,1-2H3,(H,17,19)(H,18,21). The van der Waals surface area contributed by atoms with Crippen LogP contribution in [0.5, 0.6) is 0 Å². The molecule has 2 rings (SSSR count). The predicted molar refractivity (Wildman–Crippen MR) is 87.2 cm³/mol. The summed E-state index contributed by atoms with van der Waals surface area (Å²) >= 11 is 0. The molecule has 0 bridgehead atoms. The molecular weight excluding hydrogens is 280 g/mol. The molecule has 2 N–H and O–H groups in total. The van der Waals surface area contributed by atoms with E-state index in [1.807, 2.05) is 6.07 Å². The molecule has 2 heterocycles. The molecule has 1 fully saturated rings. The average Bonchev–Trinajstić information content (AvgIpc) is 2.56. The normalized spacial score (nSPS) is 17.0. The Kier molecular flexibility index (Phi) is 6.61. The summed E-state index contributed by atoms with van der Waals surface area (Å²) < 4.78 is 5.30. The third kappa shape index (κ3) is 5.27. The van der Waals surface area contributed by atoms with Crippen LogP contribution in [0, 0.1) is 0 Å². The highest BCUT2D eigenvalue weighted by Gasteiger charge is 2.12. The largest absolute Gasteiger partial charge is 0.382 e. The summed E-state index contributed by atoms with van der Waals surface area (Å²) in [6, 6.07) is 4.06. The molecule has 6 heteroatoms. The van der Waals surface area contributed by atoms with Gasteiger partial charge in [0.15, 0.2) is 0 Å². The van der Waals surface area contributed by atoms with Gasteiger partial charge in [-0.15, -0.1) is 0 Å². The third-order valence-electron chi connectivity index (χ3n) is 3.84. The molecule has 1 unspecified atom stereocenters. The highest BCUT2D eigenvalue weighted by Crippen LogP contribution is 2.10. The van der Waals surface area contributed by atoms with Crippen LogP contribution in [-0.4, -0.2) is 61.2 Å². The minimum Gasteiger partial charge on any atom is -0.382 e. The van der Waals surface area contributed by atoms with Crippen molar-refractivity contribution >= 4 is 11.6 Å². The van der Waals surface area contributed by atoms with Crippen LogP contribution in [0.1, 0.15) is 30.8 Å². The second-order valence-electron chi connectivity index (χ2n) is 5.59. The molecule has 1 saturated heterocycles. The first kappa shape index (κ1) is 16.7. The molecule has 122 valence electrons. The number of nitrogens with zero attached hydrogens (tertiary/aromatic N) is 2. The molecule has 1 amide bonds. The van der Waals surface area contributed by atoms with Gasteiger partial charge in [-0.25, -0.2) is 0 Å². The quantitative estimate of drug-likeness (QED) is 0.796. The lowest BCUT2D eigenvalue weighted by Gasteiger charge is -2.26. The van der Waals surface area contributed by atoms with Crippen LogP contribution < -0.4 is 10.6 Å². The molecule has 1 aromatic heterocycles. The Hall–Kier alpha value is -1.66. The van der Waals surface area contributed by atoms with Crippen LogP contribution in [0.15, 0.2) is 18.3 Å². The number of carbonyl (C=O) groups is 1. The zero-order valence-electron chi connectivity index (χ0n) is 13.5. The first-order valence-electron chi connectivity index (χ1n) is 8.00. The van der Waals surface area contributed by atoms with Crippen LogP contribution in [0.3, 0.4) is 0 Å². The smallest absolute Gasteiger partial charge is 0.269 e. The maximum atomic E-state index is 12.1. The average molecular weight is 306 g/mol. The van der Waals surface area contributed by atoms with Gasteiger partial charge in [0, 0.05) is 44.1 Å². The van der Waals surface area contributed by atoms with Gasteiger partial charge < -0.3 is 15.4 Å². The third-order valence-corrected chi connectivity index (χ3v) is 3.84. The highest BCUT2D eigenvalue weighted by atomic mass is 16.5. The van der Waals surface area contributed by atoms with Crippen LogP contribution in [-0.2, 0) is 4.74 Å². The van der Waals surface area contributed by atoms with E-state index in [9.17, 15) is 4.79 Å². The Morgan fingerprint density at radius 2 is 2.23 bits per heavy atom. The molecule has 0 aliphatic carbocycles. The number of hydrogen-bond donors (Lipinski definition) is 2. The molecular formula is C16H26N4O2. The molecule has 1 atom stereocenters. The minimum atomic E-state index is -0.124. The van der Waals surface area contributed by atoms with Gasteiger partial charge >= 0.3 is 0 Å². The Labute approximate surface area is 132 Å². The summed E-state index contributed by atoms with van der Waals surface area (Å²) in [5, 5.41) is 6.28. The van der Waals surface area contributed by atoms with Crippen LogP contribution in [0.4, 0.5) is 5.69 Å². The molecule has 1 aliphatic heterocycles. The summed E-state index contributed by atoms with van der Waals surface area (Å²) in [6.07, 6.45) is 2.70. The van der Waals surface area contributed by atoms with E-state index in [1.54, 1.807) is 12.3 Å². The van der Waals surface area contributed by atoms with E-state index in [1.165, 1.54) is 0 Å². The molecule has 0 spiro atoms. The van der Waals surface area contributed by atoms with Gasteiger partial charge in [-0.3, -0.25) is 14.7 Å². The predicted octanol–water partition coefficient (Wildman–Crippen LogP) is 1.35. The van der Waals surface area contributed by atoms with E-state index in [-0.39, 0.29) is 5.91 Å². The van der Waals surface area contributed by atoms with Crippen molar-refractivity contribution in [2.45, 2.75) is 26.3 Å². The van der Waals surface area contributed by atoms with Gasteiger partial charge in [-0.2, -0.15) is 0 Å². The van der Waals surface area contributed by atoms with Crippen LogP contribution in [0.2, 0.25) is 0 Å². The fraction of sp³-hybridized carbons (Fsp3) is 0.625. The summed E-state index contributed by atoms with van der Waals surface area (Å²) in [4.78, 5) is 18.6. The molecule has 1 aliphatic rings. The van der Waals surface area contributed by atoms with Gasteiger partial charge in [0.2, 0.25) is 0 Å². The molecule has 1 aromatic rings. The van der Waals surface area contributed by atoms with E-state index in [0.717, 1.165) is 45.0 Å². The fourth-order valence-corrected chi connectivity index (χ4v) is 2.27. The monoisotopic (exact) mass is 306 g/mol. The number of amides is 1. The molecule has 22 heavy (non-hydrogen) atoms. The maximum absolute atomic E-state index is 12.1. The second-order valence-corrected chi connectivity index (χ2v) is 5.59. The van der Waals surface area contributed by atoms with Crippen molar-refractivity contribution in [2.24, 2.45) is 0 Å². The molecule has 0 radical (unpaired) electrons. The van der Waals surface area contributed by atoms with Crippen molar-refractivity contribution in [1.29, 1.82) is 0 Å². The molecule has 0 aromatic carbocycles. The Balaban J connectivity index is 1.80. The Morgan fingerprint density at radius 1 is 1.45 bits per heavy atom. The van der Waals surface area contributed by atoms with Crippen molar-refractivity contribution in [3.8, 4) is 0 Å². The van der Waals surface area contributed by atoms with Crippen molar-refractivity contribution in [3.63, 3.8) is 0 Å². The summed E-state index contributed by atoms with van der Waals surface area (Å²) in [6.45, 7) is 9.13. The lowest BCUT2D eigenvalue weighted by atomic mass is 10.2. The van der Waals surface area contributed by atoms with Gasteiger partial charge in [-0.1, -0.05) is 6.92 Å². The van der Waals surface area contributed by atoms with E-state index in [0.29, 0.717) is 18.3 Å². The number of pyridine rings is 1. The van der Waals surface area contributed by atoms with E-state index >= 15 is 0 Å². The van der Waals surface area contributed by atoms with Gasteiger partial charge in [0.1, 0.15) is 5.69 Å². The molecule has 6 nitrogen and oxygen atoms in total. The number of nitrogens with one attached hydrogen (secondary N) is 2. The Bertz CT molecular complexity index is 475. The van der Waals surface area contributed by atoms with Gasteiger partial charge in [-0.05, 0) is 25.5 Å². The van der Waals surface area contributed by atoms with Gasteiger partial charge in [0.05, 0.1) is 13.2 Å². The van der Waals surface area contributed by atoms with Crippen molar-refractivity contribution in [1.82, 2.24) is 15.2 Å². The van der Waals surface area contributed by atoms with Crippen molar-refractivity contribution in [3.05, 3.63) is 24.0 Å². The number of morpholine rings is 1. The molecule has 0 saturated carbocycles. The SMILES string of the molecule is CCC(C)Nc1ccnc(C(=O)NCCN2CCOCC2)c1. The number of ether oxygens (including phenoxy) is 1.